The first kappa shape index (κ1) is 15.5. The first-order chi connectivity index (χ1) is 9.92. The van der Waals surface area contributed by atoms with Gasteiger partial charge in [-0.15, -0.1) is 0 Å². The number of aliphatic hydroxyl groups is 1. The zero-order valence-corrected chi connectivity index (χ0v) is 11.7. The molecule has 0 saturated carbocycles. The van der Waals surface area contributed by atoms with E-state index in [4.69, 9.17) is 10.8 Å². The summed E-state index contributed by atoms with van der Waals surface area (Å²) in [5.41, 5.74) is 6.77. The molecule has 2 rings (SSSR count). The average molecular weight is 318 g/mol. The van der Waals surface area contributed by atoms with Gasteiger partial charge in [0.1, 0.15) is 17.4 Å². The third-order valence-electron chi connectivity index (χ3n) is 2.68. The standard InChI is InChI=1S/C12H13F3N4OS/c13-12(14,15)7-19(4-5-20)11-9(10(16)18-21-11)8-2-1-3-17-6-8/h1-3,6,20H,4-5,7H2,(H2,16,18). The molecule has 0 aliphatic heterocycles. The van der Waals surface area contributed by atoms with Crippen LogP contribution in [-0.4, -0.2) is 40.3 Å². The molecule has 0 unspecified atom stereocenters. The minimum Gasteiger partial charge on any atom is -0.395 e. The lowest BCUT2D eigenvalue weighted by Gasteiger charge is -2.24. The zero-order chi connectivity index (χ0) is 15.5. The predicted molar refractivity (Wildman–Crippen MR) is 75.1 cm³/mol. The van der Waals surface area contributed by atoms with Crippen molar-refractivity contribution >= 4 is 22.4 Å². The van der Waals surface area contributed by atoms with Crippen LogP contribution in [0.25, 0.3) is 11.1 Å². The highest BCUT2D eigenvalue weighted by Crippen LogP contribution is 2.39. The van der Waals surface area contributed by atoms with Crippen molar-refractivity contribution in [3.63, 3.8) is 0 Å². The quantitative estimate of drug-likeness (QED) is 0.883. The number of aliphatic hydroxyl groups excluding tert-OH is 1. The molecule has 0 bridgehead atoms. The number of nitrogen functional groups attached to an aromatic ring is 1. The molecule has 9 heteroatoms. The van der Waals surface area contributed by atoms with Crippen LogP contribution in [0.15, 0.2) is 24.5 Å². The fraction of sp³-hybridized carbons (Fsp3) is 0.333. The highest BCUT2D eigenvalue weighted by molar-refractivity contribution is 7.11. The van der Waals surface area contributed by atoms with Crippen molar-refractivity contribution in [2.24, 2.45) is 0 Å². The van der Waals surface area contributed by atoms with E-state index in [1.807, 2.05) is 0 Å². The molecule has 2 aromatic heterocycles. The molecule has 0 saturated heterocycles. The normalized spacial score (nSPS) is 11.6. The molecule has 0 atom stereocenters. The number of halogens is 3. The number of alkyl halides is 3. The molecule has 0 aromatic carbocycles. The number of pyridine rings is 1. The summed E-state index contributed by atoms with van der Waals surface area (Å²) in [5, 5.41) is 9.26. The van der Waals surface area contributed by atoms with Crippen LogP contribution in [0.4, 0.5) is 24.0 Å². The van der Waals surface area contributed by atoms with Crippen molar-refractivity contribution in [3.05, 3.63) is 24.5 Å². The molecule has 114 valence electrons. The maximum Gasteiger partial charge on any atom is 0.405 e. The van der Waals surface area contributed by atoms with E-state index in [0.29, 0.717) is 11.1 Å². The summed E-state index contributed by atoms with van der Waals surface area (Å²) in [6.07, 6.45) is -1.32. The Balaban J connectivity index is 2.42. The number of anilines is 2. The largest absolute Gasteiger partial charge is 0.405 e. The van der Waals surface area contributed by atoms with Crippen LogP contribution in [0, 0.1) is 0 Å². The number of hydrogen-bond acceptors (Lipinski definition) is 6. The molecule has 0 amide bonds. The Hall–Kier alpha value is -1.87. The van der Waals surface area contributed by atoms with Crippen LogP contribution >= 0.6 is 11.5 Å². The summed E-state index contributed by atoms with van der Waals surface area (Å²) < 4.78 is 41.9. The Kier molecular flexibility index (Phi) is 4.63. The van der Waals surface area contributed by atoms with Gasteiger partial charge in [0, 0.05) is 24.5 Å². The van der Waals surface area contributed by atoms with Gasteiger partial charge in [-0.05, 0) is 17.6 Å². The molecule has 0 aliphatic rings. The molecular formula is C12H13F3N4OS. The van der Waals surface area contributed by atoms with E-state index in [9.17, 15) is 13.2 Å². The molecule has 0 aliphatic carbocycles. The Morgan fingerprint density at radius 2 is 2.14 bits per heavy atom. The van der Waals surface area contributed by atoms with Crippen LogP contribution in [0.3, 0.4) is 0 Å². The van der Waals surface area contributed by atoms with Gasteiger partial charge in [-0.3, -0.25) is 4.98 Å². The van der Waals surface area contributed by atoms with E-state index < -0.39 is 19.3 Å². The van der Waals surface area contributed by atoms with Gasteiger partial charge >= 0.3 is 6.18 Å². The van der Waals surface area contributed by atoms with Gasteiger partial charge < -0.3 is 15.7 Å². The van der Waals surface area contributed by atoms with Crippen LogP contribution < -0.4 is 10.6 Å². The molecule has 2 heterocycles. The van der Waals surface area contributed by atoms with E-state index in [-0.39, 0.29) is 17.4 Å². The summed E-state index contributed by atoms with van der Waals surface area (Å²) in [6.45, 7) is -1.74. The highest BCUT2D eigenvalue weighted by Gasteiger charge is 2.33. The van der Waals surface area contributed by atoms with Gasteiger partial charge in [0.15, 0.2) is 0 Å². The molecule has 3 N–H and O–H groups in total. The number of hydrogen-bond donors (Lipinski definition) is 2. The van der Waals surface area contributed by atoms with Crippen LogP contribution in [0.2, 0.25) is 0 Å². The Morgan fingerprint density at radius 3 is 2.71 bits per heavy atom. The summed E-state index contributed by atoms with van der Waals surface area (Å²) in [6, 6.07) is 3.36. The zero-order valence-electron chi connectivity index (χ0n) is 10.8. The second-order valence-corrected chi connectivity index (χ2v) is 5.00. The lowest BCUT2D eigenvalue weighted by molar-refractivity contribution is -0.119. The van der Waals surface area contributed by atoms with Crippen molar-refractivity contribution in [2.75, 3.05) is 30.3 Å². The molecule has 0 spiro atoms. The number of nitrogens with two attached hydrogens (primary N) is 1. The van der Waals surface area contributed by atoms with Crippen molar-refractivity contribution in [1.29, 1.82) is 0 Å². The number of nitrogens with zero attached hydrogens (tertiary/aromatic N) is 3. The van der Waals surface area contributed by atoms with Gasteiger partial charge in [0.2, 0.25) is 0 Å². The van der Waals surface area contributed by atoms with E-state index in [0.717, 1.165) is 16.4 Å². The topological polar surface area (TPSA) is 75.3 Å². The fourth-order valence-electron chi connectivity index (χ4n) is 1.88. The Bertz CT molecular complexity index is 588. The van der Waals surface area contributed by atoms with Gasteiger partial charge in [0.25, 0.3) is 0 Å². The summed E-state index contributed by atoms with van der Waals surface area (Å²) in [4.78, 5) is 4.96. The smallest absolute Gasteiger partial charge is 0.395 e. The predicted octanol–water partition coefficient (Wildman–Crippen LogP) is 2.15. The van der Waals surface area contributed by atoms with E-state index >= 15 is 0 Å². The second-order valence-electron chi connectivity index (χ2n) is 4.25. The lowest BCUT2D eigenvalue weighted by Crippen LogP contribution is -2.36. The molecule has 21 heavy (non-hydrogen) atoms. The monoisotopic (exact) mass is 318 g/mol. The minimum absolute atomic E-state index is 0.146. The molecule has 2 aromatic rings. The Morgan fingerprint density at radius 1 is 1.38 bits per heavy atom. The fourth-order valence-corrected chi connectivity index (χ4v) is 2.74. The van der Waals surface area contributed by atoms with E-state index in [2.05, 4.69) is 9.36 Å². The van der Waals surface area contributed by atoms with Gasteiger partial charge in [0.05, 0.1) is 12.2 Å². The van der Waals surface area contributed by atoms with Gasteiger partial charge in [-0.1, -0.05) is 6.07 Å². The summed E-state index contributed by atoms with van der Waals surface area (Å²) >= 11 is 0.872. The van der Waals surface area contributed by atoms with E-state index in [1.165, 1.54) is 6.20 Å². The number of rotatable bonds is 5. The first-order valence-electron chi connectivity index (χ1n) is 6.00. The van der Waals surface area contributed by atoms with Crippen LogP contribution in [-0.2, 0) is 0 Å². The van der Waals surface area contributed by atoms with E-state index in [1.54, 1.807) is 18.3 Å². The van der Waals surface area contributed by atoms with Crippen LogP contribution in [0.5, 0.6) is 0 Å². The third-order valence-corrected chi connectivity index (χ3v) is 3.60. The van der Waals surface area contributed by atoms with Gasteiger partial charge in [-0.25, -0.2) is 0 Å². The number of aromatic nitrogens is 2. The second kappa shape index (κ2) is 6.27. The minimum atomic E-state index is -4.39. The van der Waals surface area contributed by atoms with Crippen molar-refractivity contribution in [3.8, 4) is 11.1 Å². The lowest BCUT2D eigenvalue weighted by atomic mass is 10.1. The third kappa shape index (κ3) is 3.82. The van der Waals surface area contributed by atoms with Crippen molar-refractivity contribution < 1.29 is 18.3 Å². The maximum atomic E-state index is 12.7. The van der Waals surface area contributed by atoms with Crippen molar-refractivity contribution in [1.82, 2.24) is 9.36 Å². The average Bonchev–Trinajstić information content (AvgIpc) is 2.80. The van der Waals surface area contributed by atoms with Gasteiger partial charge in [-0.2, -0.15) is 17.5 Å². The first-order valence-corrected chi connectivity index (χ1v) is 6.78. The molecule has 0 radical (unpaired) electrons. The van der Waals surface area contributed by atoms with Crippen molar-refractivity contribution in [2.45, 2.75) is 6.18 Å². The molecule has 5 nitrogen and oxygen atoms in total. The summed E-state index contributed by atoms with van der Waals surface area (Å²) in [5.74, 6) is 0.146. The Labute approximate surface area is 123 Å². The maximum absolute atomic E-state index is 12.7. The summed E-state index contributed by atoms with van der Waals surface area (Å²) in [7, 11) is 0. The highest BCUT2D eigenvalue weighted by atomic mass is 32.1. The van der Waals surface area contributed by atoms with Crippen LogP contribution in [0.1, 0.15) is 0 Å². The molecule has 0 fully saturated rings. The molecular weight excluding hydrogens is 305 g/mol. The SMILES string of the molecule is Nc1nsc(N(CCO)CC(F)(F)F)c1-c1cccnc1.